The van der Waals surface area contributed by atoms with Crippen LogP contribution in [0.3, 0.4) is 0 Å². The van der Waals surface area contributed by atoms with Crippen LogP contribution in [0.15, 0.2) is 48.5 Å². The van der Waals surface area contributed by atoms with E-state index in [1.807, 2.05) is 24.3 Å². The van der Waals surface area contributed by atoms with Gasteiger partial charge >= 0.3 is 0 Å². The molecule has 3 heteroatoms. The molecule has 19 heavy (non-hydrogen) atoms. The molecule has 0 aromatic heterocycles. The molecule has 100 valence electrons. The van der Waals surface area contributed by atoms with Gasteiger partial charge in [0.25, 0.3) is 0 Å². The van der Waals surface area contributed by atoms with Crippen LogP contribution in [0.2, 0.25) is 0 Å². The largest absolute Gasteiger partial charge is 0.508 e. The second kappa shape index (κ2) is 6.25. The summed E-state index contributed by atoms with van der Waals surface area (Å²) in [4.78, 5) is 0. The van der Waals surface area contributed by atoms with Crippen LogP contribution in [-0.2, 0) is 0 Å². The summed E-state index contributed by atoms with van der Waals surface area (Å²) in [5, 5.41) is 22.1. The first-order valence-electron chi connectivity index (χ1n) is 6.49. The Balaban J connectivity index is 2.29. The minimum atomic E-state index is 0.209. The van der Waals surface area contributed by atoms with E-state index in [1.165, 1.54) is 0 Å². The number of likely N-dealkylation sites (N-methyl/N-ethyl adjacent to an activating group) is 1. The first-order valence-corrected chi connectivity index (χ1v) is 6.49. The Labute approximate surface area is 113 Å². The summed E-state index contributed by atoms with van der Waals surface area (Å²) in [6.45, 7) is 3.81. The third-order valence-electron chi connectivity index (χ3n) is 3.19. The van der Waals surface area contributed by atoms with E-state index in [0.29, 0.717) is 0 Å². The van der Waals surface area contributed by atoms with Crippen LogP contribution in [0.1, 0.15) is 24.0 Å². The van der Waals surface area contributed by atoms with E-state index in [2.05, 4.69) is 12.2 Å². The van der Waals surface area contributed by atoms with Gasteiger partial charge in [-0.15, -0.1) is 0 Å². The van der Waals surface area contributed by atoms with E-state index in [9.17, 15) is 10.2 Å². The Bertz CT molecular complexity index is 460. The Hall–Kier alpha value is -2.00. The van der Waals surface area contributed by atoms with Crippen LogP contribution in [0.25, 0.3) is 0 Å². The van der Waals surface area contributed by atoms with Crippen molar-refractivity contribution in [2.45, 2.75) is 12.8 Å². The molecule has 0 spiro atoms. The first-order chi connectivity index (χ1) is 9.20. The van der Waals surface area contributed by atoms with Crippen LogP contribution in [0, 0.1) is 0 Å². The fraction of sp³-hybridized carbons (Fsp3) is 0.250. The standard InChI is InChI=1S/C16H19NO2/c1-2-17-11-16(12-3-7-14(18)8-4-12)13-5-9-15(19)10-6-13/h3-10,16-19H,2,11H2,1H3. The third kappa shape index (κ3) is 3.48. The first kappa shape index (κ1) is 13.4. The number of hydrogen-bond acceptors (Lipinski definition) is 3. The highest BCUT2D eigenvalue weighted by atomic mass is 16.3. The lowest BCUT2D eigenvalue weighted by Gasteiger charge is -2.18. The molecular formula is C16H19NO2. The normalized spacial score (nSPS) is 10.8. The molecule has 0 atom stereocenters. The summed E-state index contributed by atoms with van der Waals surface area (Å²) in [6.07, 6.45) is 0. The lowest BCUT2D eigenvalue weighted by molar-refractivity contribution is 0.475. The predicted molar refractivity (Wildman–Crippen MR) is 76.6 cm³/mol. The van der Waals surface area contributed by atoms with Gasteiger partial charge in [0.2, 0.25) is 0 Å². The highest BCUT2D eigenvalue weighted by Gasteiger charge is 2.13. The molecule has 0 fully saturated rings. The minimum Gasteiger partial charge on any atom is -0.508 e. The van der Waals surface area contributed by atoms with E-state index in [-0.39, 0.29) is 17.4 Å². The predicted octanol–water partition coefficient (Wildman–Crippen LogP) is 2.84. The van der Waals surface area contributed by atoms with Crippen LogP contribution in [0.4, 0.5) is 0 Å². The zero-order chi connectivity index (χ0) is 13.7. The van der Waals surface area contributed by atoms with Gasteiger partial charge in [-0.25, -0.2) is 0 Å². The van der Waals surface area contributed by atoms with Crippen LogP contribution in [-0.4, -0.2) is 23.3 Å². The maximum absolute atomic E-state index is 9.37. The van der Waals surface area contributed by atoms with Crippen LogP contribution >= 0.6 is 0 Å². The number of nitrogens with one attached hydrogen (secondary N) is 1. The average molecular weight is 257 g/mol. The van der Waals surface area contributed by atoms with Crippen molar-refractivity contribution in [2.24, 2.45) is 0 Å². The fourth-order valence-corrected chi connectivity index (χ4v) is 2.13. The fourth-order valence-electron chi connectivity index (χ4n) is 2.13. The Morgan fingerprint density at radius 2 is 1.26 bits per heavy atom. The van der Waals surface area contributed by atoms with E-state index >= 15 is 0 Å². The van der Waals surface area contributed by atoms with Gasteiger partial charge in [0.15, 0.2) is 0 Å². The molecule has 0 saturated carbocycles. The zero-order valence-electron chi connectivity index (χ0n) is 11.0. The average Bonchev–Trinajstić information content (AvgIpc) is 2.43. The van der Waals surface area contributed by atoms with E-state index in [0.717, 1.165) is 24.2 Å². The van der Waals surface area contributed by atoms with Crippen molar-refractivity contribution >= 4 is 0 Å². The summed E-state index contributed by atoms with van der Waals surface area (Å²) in [7, 11) is 0. The lowest BCUT2D eigenvalue weighted by Crippen LogP contribution is -2.21. The summed E-state index contributed by atoms with van der Waals surface area (Å²) in [5.41, 5.74) is 2.29. The Kier molecular flexibility index (Phi) is 4.42. The number of hydrogen-bond donors (Lipinski definition) is 3. The van der Waals surface area contributed by atoms with Gasteiger partial charge in [0.1, 0.15) is 11.5 Å². The molecule has 2 rings (SSSR count). The van der Waals surface area contributed by atoms with Crippen molar-refractivity contribution in [3.8, 4) is 11.5 Å². The monoisotopic (exact) mass is 257 g/mol. The SMILES string of the molecule is CCNCC(c1ccc(O)cc1)c1ccc(O)cc1. The topological polar surface area (TPSA) is 52.5 Å². The lowest BCUT2D eigenvalue weighted by atomic mass is 9.91. The summed E-state index contributed by atoms with van der Waals surface area (Å²) in [6, 6.07) is 14.6. The maximum Gasteiger partial charge on any atom is 0.115 e. The molecule has 0 radical (unpaired) electrons. The van der Waals surface area contributed by atoms with Gasteiger partial charge in [-0.05, 0) is 41.9 Å². The number of aromatic hydroxyl groups is 2. The van der Waals surface area contributed by atoms with Crippen molar-refractivity contribution < 1.29 is 10.2 Å². The van der Waals surface area contributed by atoms with Gasteiger partial charge in [-0.1, -0.05) is 31.2 Å². The summed E-state index contributed by atoms with van der Waals surface area (Å²) >= 11 is 0. The molecule has 3 nitrogen and oxygen atoms in total. The molecule has 3 N–H and O–H groups in total. The second-order valence-corrected chi connectivity index (χ2v) is 4.54. The van der Waals surface area contributed by atoms with E-state index < -0.39 is 0 Å². The quantitative estimate of drug-likeness (QED) is 0.772. The third-order valence-corrected chi connectivity index (χ3v) is 3.19. The Morgan fingerprint density at radius 3 is 1.63 bits per heavy atom. The van der Waals surface area contributed by atoms with E-state index in [1.54, 1.807) is 24.3 Å². The second-order valence-electron chi connectivity index (χ2n) is 4.54. The molecule has 0 unspecified atom stereocenters. The number of phenols is 2. The van der Waals surface area contributed by atoms with Gasteiger partial charge < -0.3 is 15.5 Å². The minimum absolute atomic E-state index is 0.209. The van der Waals surface area contributed by atoms with Gasteiger partial charge in [-0.2, -0.15) is 0 Å². The molecule has 2 aromatic carbocycles. The van der Waals surface area contributed by atoms with Gasteiger partial charge in [-0.3, -0.25) is 0 Å². The molecule has 0 amide bonds. The van der Waals surface area contributed by atoms with Gasteiger partial charge in [0, 0.05) is 12.5 Å². The molecule has 2 aromatic rings. The maximum atomic E-state index is 9.37. The molecule has 0 aliphatic carbocycles. The number of benzene rings is 2. The molecule has 0 heterocycles. The summed E-state index contributed by atoms with van der Waals surface area (Å²) < 4.78 is 0. The van der Waals surface area contributed by atoms with Crippen LogP contribution in [0.5, 0.6) is 11.5 Å². The zero-order valence-corrected chi connectivity index (χ0v) is 11.0. The van der Waals surface area contributed by atoms with E-state index in [4.69, 9.17) is 0 Å². The molecular weight excluding hydrogens is 238 g/mol. The molecule has 0 aliphatic rings. The number of rotatable bonds is 5. The molecule has 0 aliphatic heterocycles. The van der Waals surface area contributed by atoms with Crippen molar-refractivity contribution in [1.82, 2.24) is 5.32 Å². The highest BCUT2D eigenvalue weighted by Crippen LogP contribution is 2.26. The highest BCUT2D eigenvalue weighted by molar-refractivity contribution is 5.38. The Morgan fingerprint density at radius 1 is 0.842 bits per heavy atom. The van der Waals surface area contributed by atoms with Crippen molar-refractivity contribution in [2.75, 3.05) is 13.1 Å². The van der Waals surface area contributed by atoms with Crippen molar-refractivity contribution in [3.05, 3.63) is 59.7 Å². The molecule has 0 saturated heterocycles. The smallest absolute Gasteiger partial charge is 0.115 e. The van der Waals surface area contributed by atoms with Crippen molar-refractivity contribution in [3.63, 3.8) is 0 Å². The molecule has 0 bridgehead atoms. The van der Waals surface area contributed by atoms with Crippen LogP contribution < -0.4 is 5.32 Å². The van der Waals surface area contributed by atoms with Crippen molar-refractivity contribution in [1.29, 1.82) is 0 Å². The van der Waals surface area contributed by atoms with Gasteiger partial charge in [0.05, 0.1) is 0 Å². The number of phenolic OH excluding ortho intramolecular Hbond substituents is 2. The summed E-state index contributed by atoms with van der Waals surface area (Å²) in [5.74, 6) is 0.759.